The number of benzene rings is 3. The maximum absolute atomic E-state index is 13.5. The second-order valence-corrected chi connectivity index (χ2v) is 8.91. The summed E-state index contributed by atoms with van der Waals surface area (Å²) in [6.45, 7) is 1.83. The summed E-state index contributed by atoms with van der Waals surface area (Å²) in [6.07, 6.45) is 0. The zero-order chi connectivity index (χ0) is 21.5. The maximum Gasteiger partial charge on any atom is 0.295 e. The molecule has 3 aromatic carbocycles. The van der Waals surface area contributed by atoms with Crippen LogP contribution in [-0.4, -0.2) is 19.4 Å². The van der Waals surface area contributed by atoms with Gasteiger partial charge >= 0.3 is 0 Å². The third kappa shape index (κ3) is 3.27. The summed E-state index contributed by atoms with van der Waals surface area (Å²) in [7, 11) is -4.19. The third-order valence-electron chi connectivity index (χ3n) is 5.00. The molecular formula is C23H18FNO4S. The zero-order valence-electron chi connectivity index (χ0n) is 16.0. The van der Waals surface area contributed by atoms with E-state index in [1.807, 2.05) is 6.92 Å². The Bertz CT molecular complexity index is 1230. The maximum atomic E-state index is 13.5. The lowest BCUT2D eigenvalue weighted by atomic mass is 10.1. The molecule has 3 aromatic rings. The van der Waals surface area contributed by atoms with Crippen molar-refractivity contribution < 1.29 is 22.7 Å². The van der Waals surface area contributed by atoms with Crippen LogP contribution >= 0.6 is 0 Å². The van der Waals surface area contributed by atoms with Crippen molar-refractivity contribution in [1.82, 2.24) is 0 Å². The first-order valence-electron chi connectivity index (χ1n) is 9.19. The Morgan fingerprint density at radius 2 is 1.50 bits per heavy atom. The molecule has 0 aliphatic carbocycles. The van der Waals surface area contributed by atoms with Crippen LogP contribution in [0.15, 0.2) is 94.4 Å². The van der Waals surface area contributed by atoms with Gasteiger partial charge in [-0.3, -0.25) is 9.69 Å². The minimum atomic E-state index is -4.19. The highest BCUT2D eigenvalue weighted by Crippen LogP contribution is 2.44. The van der Waals surface area contributed by atoms with Gasteiger partial charge in [-0.15, -0.1) is 0 Å². The van der Waals surface area contributed by atoms with Crippen LogP contribution in [0.5, 0.6) is 0 Å². The molecule has 0 saturated carbocycles. The normalized spacial score (nSPS) is 16.9. The molecular weight excluding hydrogens is 405 g/mol. The lowest BCUT2D eigenvalue weighted by Crippen LogP contribution is -2.31. The van der Waals surface area contributed by atoms with Crippen molar-refractivity contribution in [2.45, 2.75) is 17.9 Å². The quantitative estimate of drug-likeness (QED) is 0.672. The number of carbonyl (C=O) groups is 1. The molecule has 0 aromatic heterocycles. The highest BCUT2D eigenvalue weighted by molar-refractivity contribution is 7.95. The predicted molar refractivity (Wildman–Crippen MR) is 111 cm³/mol. The van der Waals surface area contributed by atoms with Crippen LogP contribution < -0.4 is 4.90 Å². The molecule has 0 saturated heterocycles. The highest BCUT2D eigenvalue weighted by Gasteiger charge is 2.47. The number of carbonyl (C=O) groups excluding carboxylic acids is 1. The number of aliphatic hydroxyl groups is 1. The number of amides is 1. The Morgan fingerprint density at radius 3 is 2.10 bits per heavy atom. The number of nitrogens with zero attached hydrogens (tertiary/aromatic N) is 1. The number of sulfone groups is 1. The molecule has 152 valence electrons. The number of anilines is 1. The van der Waals surface area contributed by atoms with Crippen LogP contribution in [0.2, 0.25) is 0 Å². The van der Waals surface area contributed by atoms with Gasteiger partial charge in [-0.25, -0.2) is 12.8 Å². The number of hydrogen-bond donors (Lipinski definition) is 1. The van der Waals surface area contributed by atoms with Crippen molar-refractivity contribution in [3.05, 3.63) is 106 Å². The van der Waals surface area contributed by atoms with E-state index in [9.17, 15) is 22.7 Å². The number of aliphatic hydroxyl groups excluding tert-OH is 1. The van der Waals surface area contributed by atoms with E-state index >= 15 is 0 Å². The molecule has 0 bridgehead atoms. The molecule has 1 amide bonds. The molecule has 5 nitrogen and oxygen atoms in total. The second-order valence-electron chi connectivity index (χ2n) is 6.99. The van der Waals surface area contributed by atoms with E-state index in [0.717, 1.165) is 5.56 Å². The number of hydrogen-bond acceptors (Lipinski definition) is 4. The van der Waals surface area contributed by atoms with Crippen LogP contribution in [0, 0.1) is 12.7 Å². The number of halogens is 1. The molecule has 1 atom stereocenters. The van der Waals surface area contributed by atoms with Gasteiger partial charge in [-0.05, 0) is 48.9 Å². The van der Waals surface area contributed by atoms with Crippen LogP contribution in [0.3, 0.4) is 0 Å². The van der Waals surface area contributed by atoms with E-state index < -0.39 is 38.3 Å². The fourth-order valence-electron chi connectivity index (χ4n) is 3.51. The highest BCUT2D eigenvalue weighted by atomic mass is 32.2. The van der Waals surface area contributed by atoms with Crippen molar-refractivity contribution in [3.63, 3.8) is 0 Å². The molecule has 0 spiro atoms. The minimum absolute atomic E-state index is 0.0238. The van der Waals surface area contributed by atoms with Crippen molar-refractivity contribution >= 4 is 21.4 Å². The fraction of sp³-hybridized carbons (Fsp3) is 0.0870. The average molecular weight is 423 g/mol. The Hall–Kier alpha value is -3.45. The van der Waals surface area contributed by atoms with Crippen molar-refractivity contribution in [3.8, 4) is 0 Å². The summed E-state index contributed by atoms with van der Waals surface area (Å²) in [5.41, 5.74) is 1.66. The van der Waals surface area contributed by atoms with Crippen LogP contribution in [-0.2, 0) is 14.6 Å². The molecule has 30 heavy (non-hydrogen) atoms. The largest absolute Gasteiger partial charge is 0.502 e. The topological polar surface area (TPSA) is 74.7 Å². The predicted octanol–water partition coefficient (Wildman–Crippen LogP) is 4.47. The molecule has 1 aliphatic rings. The first-order valence-corrected chi connectivity index (χ1v) is 10.7. The van der Waals surface area contributed by atoms with Crippen LogP contribution in [0.25, 0.3) is 0 Å². The van der Waals surface area contributed by atoms with E-state index in [-0.39, 0.29) is 10.6 Å². The lowest BCUT2D eigenvalue weighted by Gasteiger charge is -2.27. The van der Waals surface area contributed by atoms with Gasteiger partial charge in [0.25, 0.3) is 5.91 Å². The summed E-state index contributed by atoms with van der Waals surface area (Å²) in [5.74, 6) is -2.19. The van der Waals surface area contributed by atoms with Gasteiger partial charge in [-0.1, -0.05) is 48.0 Å². The van der Waals surface area contributed by atoms with E-state index in [2.05, 4.69) is 0 Å². The molecule has 0 fully saturated rings. The second kappa shape index (κ2) is 7.42. The first kappa shape index (κ1) is 19.8. The zero-order valence-corrected chi connectivity index (χ0v) is 16.8. The Labute approximate surface area is 173 Å². The number of rotatable bonds is 4. The lowest BCUT2D eigenvalue weighted by molar-refractivity contribution is -0.117. The molecule has 1 N–H and O–H groups in total. The Kier molecular flexibility index (Phi) is 4.91. The molecule has 7 heteroatoms. The standard InChI is InChI=1S/C23H18FNO4S/c1-15-7-13-19(14-8-15)30(28,29)22-20(16-5-3-2-4-6-16)25(23(27)21(22)26)18-11-9-17(24)10-12-18/h2-14,20,26H,1H3. The monoisotopic (exact) mass is 423 g/mol. The van der Waals surface area contributed by atoms with Gasteiger partial charge in [0.1, 0.15) is 16.8 Å². The van der Waals surface area contributed by atoms with E-state index in [0.29, 0.717) is 5.56 Å². The molecule has 1 heterocycles. The first-order chi connectivity index (χ1) is 14.3. The average Bonchev–Trinajstić information content (AvgIpc) is 3.01. The summed E-state index contributed by atoms with van der Waals surface area (Å²) >= 11 is 0. The van der Waals surface area contributed by atoms with Crippen molar-refractivity contribution in [2.24, 2.45) is 0 Å². The summed E-state index contributed by atoms with van der Waals surface area (Å²) in [6, 6.07) is 18.7. The molecule has 0 radical (unpaired) electrons. The van der Waals surface area contributed by atoms with Gasteiger partial charge in [0, 0.05) is 5.69 Å². The summed E-state index contributed by atoms with van der Waals surface area (Å²) < 4.78 is 40.3. The van der Waals surface area contributed by atoms with E-state index in [1.54, 1.807) is 42.5 Å². The van der Waals surface area contributed by atoms with Crippen molar-refractivity contribution in [1.29, 1.82) is 0 Å². The molecule has 4 rings (SSSR count). The van der Waals surface area contributed by atoms with E-state index in [1.165, 1.54) is 41.3 Å². The molecule has 1 unspecified atom stereocenters. The number of aryl methyl sites for hydroxylation is 1. The van der Waals surface area contributed by atoms with Gasteiger partial charge in [-0.2, -0.15) is 0 Å². The summed E-state index contributed by atoms with van der Waals surface area (Å²) in [5, 5.41) is 10.7. The summed E-state index contributed by atoms with van der Waals surface area (Å²) in [4.78, 5) is 13.7. The van der Waals surface area contributed by atoms with Crippen LogP contribution in [0.4, 0.5) is 10.1 Å². The molecule has 1 aliphatic heterocycles. The van der Waals surface area contributed by atoms with E-state index in [4.69, 9.17) is 0 Å². The minimum Gasteiger partial charge on any atom is -0.502 e. The smallest absolute Gasteiger partial charge is 0.295 e. The third-order valence-corrected chi connectivity index (χ3v) is 6.89. The van der Waals surface area contributed by atoms with Crippen molar-refractivity contribution in [2.75, 3.05) is 4.90 Å². The van der Waals surface area contributed by atoms with Gasteiger partial charge in [0.2, 0.25) is 9.84 Å². The van der Waals surface area contributed by atoms with Gasteiger partial charge in [0.15, 0.2) is 5.76 Å². The van der Waals surface area contributed by atoms with Gasteiger partial charge in [0.05, 0.1) is 4.90 Å². The SMILES string of the molecule is Cc1ccc(S(=O)(=O)C2=C(O)C(=O)N(c3ccc(F)cc3)C2c2ccccc2)cc1. The van der Waals surface area contributed by atoms with Gasteiger partial charge < -0.3 is 5.11 Å². The Morgan fingerprint density at radius 1 is 0.900 bits per heavy atom. The fourth-order valence-corrected chi connectivity index (χ4v) is 5.13. The van der Waals surface area contributed by atoms with Crippen LogP contribution in [0.1, 0.15) is 17.2 Å². The Balaban J connectivity index is 1.92.